The van der Waals surface area contributed by atoms with Crippen molar-refractivity contribution >= 4 is 5.69 Å². The zero-order valence-corrected chi connectivity index (χ0v) is 11.3. The molecule has 1 aromatic carbocycles. The molecule has 3 rings (SSSR count). The molecular weight excluding hydrogens is 254 g/mol. The summed E-state index contributed by atoms with van der Waals surface area (Å²) in [5.41, 5.74) is 4.01. The minimum Gasteiger partial charge on any atom is -0.379 e. The van der Waals surface area contributed by atoms with Crippen molar-refractivity contribution in [3.05, 3.63) is 47.8 Å². The second kappa shape index (κ2) is 5.12. The molecule has 2 aromatic heterocycles. The van der Waals surface area contributed by atoms with Gasteiger partial charge in [0.25, 0.3) is 0 Å². The van der Waals surface area contributed by atoms with Gasteiger partial charge in [-0.2, -0.15) is 4.68 Å². The number of H-pyrrole nitrogens is 1. The maximum absolute atomic E-state index is 4.26. The standard InChI is InChI=1S/C13H15N7/c1-9-13(16-8-15-9)7-14-11-4-3-5-12(6-11)20-10(2)17-18-19-20/h3-6,8,14H,7H2,1-2H3,(H,15,16). The molecule has 0 bridgehead atoms. The van der Waals surface area contributed by atoms with Gasteiger partial charge in [-0.05, 0) is 42.5 Å². The van der Waals surface area contributed by atoms with Crippen molar-refractivity contribution in [2.45, 2.75) is 20.4 Å². The number of tetrazole rings is 1. The zero-order chi connectivity index (χ0) is 13.9. The fourth-order valence-electron chi connectivity index (χ4n) is 1.97. The van der Waals surface area contributed by atoms with E-state index in [-0.39, 0.29) is 0 Å². The summed E-state index contributed by atoms with van der Waals surface area (Å²) in [7, 11) is 0. The molecule has 0 aliphatic rings. The van der Waals surface area contributed by atoms with Gasteiger partial charge in [0.1, 0.15) is 0 Å². The van der Waals surface area contributed by atoms with Gasteiger partial charge in [0.05, 0.1) is 24.3 Å². The van der Waals surface area contributed by atoms with Gasteiger partial charge in [-0.15, -0.1) is 5.10 Å². The lowest BCUT2D eigenvalue weighted by molar-refractivity contribution is 0.779. The molecule has 2 heterocycles. The quantitative estimate of drug-likeness (QED) is 0.751. The van der Waals surface area contributed by atoms with Crippen LogP contribution in [-0.2, 0) is 6.54 Å². The monoisotopic (exact) mass is 269 g/mol. The van der Waals surface area contributed by atoms with E-state index in [0.717, 1.165) is 28.6 Å². The second-order valence-corrected chi connectivity index (χ2v) is 4.52. The Bertz CT molecular complexity index is 713. The van der Waals surface area contributed by atoms with Crippen LogP contribution in [0.1, 0.15) is 17.2 Å². The second-order valence-electron chi connectivity index (χ2n) is 4.52. The van der Waals surface area contributed by atoms with Crippen LogP contribution in [0, 0.1) is 13.8 Å². The molecule has 2 N–H and O–H groups in total. The SMILES string of the molecule is Cc1[nH]cnc1CNc1cccc(-n2nnnc2C)c1. The lowest BCUT2D eigenvalue weighted by atomic mass is 10.2. The minimum atomic E-state index is 0.674. The number of nitrogens with one attached hydrogen (secondary N) is 2. The summed E-state index contributed by atoms with van der Waals surface area (Å²) in [5.74, 6) is 0.755. The third-order valence-electron chi connectivity index (χ3n) is 3.11. The number of hydrogen-bond donors (Lipinski definition) is 2. The van der Waals surface area contributed by atoms with E-state index in [9.17, 15) is 0 Å². The predicted molar refractivity (Wildman–Crippen MR) is 74.5 cm³/mol. The van der Waals surface area contributed by atoms with Crippen molar-refractivity contribution in [2.75, 3.05) is 5.32 Å². The molecule has 20 heavy (non-hydrogen) atoms. The number of hydrogen-bond acceptors (Lipinski definition) is 5. The molecule has 7 nitrogen and oxygen atoms in total. The van der Waals surface area contributed by atoms with E-state index in [2.05, 4.69) is 30.8 Å². The molecule has 0 radical (unpaired) electrons. The summed E-state index contributed by atoms with van der Waals surface area (Å²) in [4.78, 5) is 7.33. The minimum absolute atomic E-state index is 0.674. The van der Waals surface area contributed by atoms with Gasteiger partial charge >= 0.3 is 0 Å². The molecule has 0 atom stereocenters. The highest BCUT2D eigenvalue weighted by molar-refractivity contribution is 5.51. The fourth-order valence-corrected chi connectivity index (χ4v) is 1.97. The molecule has 0 fully saturated rings. The van der Waals surface area contributed by atoms with Gasteiger partial charge in [-0.25, -0.2) is 4.98 Å². The number of aromatic amines is 1. The summed E-state index contributed by atoms with van der Waals surface area (Å²) in [5, 5.41) is 14.8. The van der Waals surface area contributed by atoms with Crippen LogP contribution in [0.5, 0.6) is 0 Å². The topological polar surface area (TPSA) is 84.3 Å². The highest BCUT2D eigenvalue weighted by Crippen LogP contribution is 2.15. The van der Waals surface area contributed by atoms with Crippen LogP contribution >= 0.6 is 0 Å². The summed E-state index contributed by atoms with van der Waals surface area (Å²) in [6, 6.07) is 7.95. The molecule has 0 aliphatic carbocycles. The number of aryl methyl sites for hydroxylation is 2. The van der Waals surface area contributed by atoms with Crippen molar-refractivity contribution in [1.82, 2.24) is 30.2 Å². The maximum atomic E-state index is 4.26. The Balaban J connectivity index is 1.78. The zero-order valence-electron chi connectivity index (χ0n) is 11.3. The van der Waals surface area contributed by atoms with E-state index in [0.29, 0.717) is 6.54 Å². The van der Waals surface area contributed by atoms with Crippen LogP contribution in [0.4, 0.5) is 5.69 Å². The van der Waals surface area contributed by atoms with Gasteiger partial charge in [0.2, 0.25) is 0 Å². The molecule has 102 valence electrons. The highest BCUT2D eigenvalue weighted by Gasteiger charge is 2.05. The summed E-state index contributed by atoms with van der Waals surface area (Å²) < 4.78 is 1.70. The van der Waals surface area contributed by atoms with Crippen molar-refractivity contribution < 1.29 is 0 Å². The number of imidazole rings is 1. The first-order valence-electron chi connectivity index (χ1n) is 6.32. The number of anilines is 1. The van der Waals surface area contributed by atoms with E-state index in [1.807, 2.05) is 38.1 Å². The van der Waals surface area contributed by atoms with Crippen molar-refractivity contribution in [1.29, 1.82) is 0 Å². The van der Waals surface area contributed by atoms with E-state index in [4.69, 9.17) is 0 Å². The van der Waals surface area contributed by atoms with E-state index in [1.165, 1.54) is 0 Å². The molecule has 0 spiro atoms. The molecule has 0 amide bonds. The first-order valence-corrected chi connectivity index (χ1v) is 6.32. The third-order valence-corrected chi connectivity index (χ3v) is 3.11. The molecule has 0 aliphatic heterocycles. The smallest absolute Gasteiger partial charge is 0.153 e. The van der Waals surface area contributed by atoms with Gasteiger partial charge in [-0.1, -0.05) is 6.07 Å². The Hall–Kier alpha value is -2.70. The Labute approximate surface area is 116 Å². The van der Waals surface area contributed by atoms with Crippen LogP contribution in [0.3, 0.4) is 0 Å². The van der Waals surface area contributed by atoms with Crippen LogP contribution in [0.2, 0.25) is 0 Å². The van der Waals surface area contributed by atoms with Crippen LogP contribution in [-0.4, -0.2) is 30.2 Å². The first-order chi connectivity index (χ1) is 9.74. The summed E-state index contributed by atoms with van der Waals surface area (Å²) in [6.07, 6.45) is 1.70. The molecule has 7 heteroatoms. The van der Waals surface area contributed by atoms with Crippen molar-refractivity contribution in [3.8, 4) is 5.69 Å². The number of rotatable bonds is 4. The fraction of sp³-hybridized carbons (Fsp3) is 0.231. The molecule has 0 unspecified atom stereocenters. The average molecular weight is 269 g/mol. The van der Waals surface area contributed by atoms with Gasteiger partial charge in [0, 0.05) is 11.4 Å². The van der Waals surface area contributed by atoms with E-state index >= 15 is 0 Å². The molecular formula is C13H15N7. The van der Waals surface area contributed by atoms with Gasteiger partial charge in [-0.3, -0.25) is 0 Å². The third kappa shape index (κ3) is 2.37. The normalized spacial score (nSPS) is 10.7. The Morgan fingerprint density at radius 3 is 2.90 bits per heavy atom. The summed E-state index contributed by atoms with van der Waals surface area (Å²) >= 11 is 0. The highest BCUT2D eigenvalue weighted by atomic mass is 15.5. The maximum Gasteiger partial charge on any atom is 0.153 e. The van der Waals surface area contributed by atoms with E-state index < -0.39 is 0 Å². The largest absolute Gasteiger partial charge is 0.379 e. The average Bonchev–Trinajstić information content (AvgIpc) is 3.05. The van der Waals surface area contributed by atoms with Crippen molar-refractivity contribution in [2.24, 2.45) is 0 Å². The molecule has 0 saturated heterocycles. The van der Waals surface area contributed by atoms with Crippen LogP contribution in [0.25, 0.3) is 5.69 Å². The Morgan fingerprint density at radius 1 is 1.30 bits per heavy atom. The molecule has 3 aromatic rings. The molecule has 0 saturated carbocycles. The predicted octanol–water partition coefficient (Wildman–Crippen LogP) is 1.61. The van der Waals surface area contributed by atoms with Gasteiger partial charge < -0.3 is 10.3 Å². The lowest BCUT2D eigenvalue weighted by Crippen LogP contribution is -2.03. The summed E-state index contributed by atoms with van der Waals surface area (Å²) in [6.45, 7) is 4.55. The Kier molecular flexibility index (Phi) is 3.16. The lowest BCUT2D eigenvalue weighted by Gasteiger charge is -2.08. The van der Waals surface area contributed by atoms with Crippen LogP contribution < -0.4 is 5.32 Å². The van der Waals surface area contributed by atoms with Gasteiger partial charge in [0.15, 0.2) is 5.82 Å². The van der Waals surface area contributed by atoms with Crippen LogP contribution in [0.15, 0.2) is 30.6 Å². The van der Waals surface area contributed by atoms with E-state index in [1.54, 1.807) is 11.0 Å². The number of benzene rings is 1. The Morgan fingerprint density at radius 2 is 2.20 bits per heavy atom. The number of aromatic nitrogens is 6. The first kappa shape index (κ1) is 12.3. The number of nitrogens with zero attached hydrogens (tertiary/aromatic N) is 5. The van der Waals surface area contributed by atoms with Crippen molar-refractivity contribution in [3.63, 3.8) is 0 Å².